The molecule has 0 bridgehead atoms. The molecular weight excluding hydrogens is 322 g/mol. The molecule has 1 aliphatic rings. The van der Waals surface area contributed by atoms with Crippen LogP contribution < -0.4 is 0 Å². The van der Waals surface area contributed by atoms with Crippen LogP contribution >= 0.6 is 0 Å². The molecule has 1 aliphatic heterocycles. The average Bonchev–Trinajstić information content (AvgIpc) is 3.30. The van der Waals surface area contributed by atoms with Crippen molar-refractivity contribution in [3.8, 4) is 0 Å². The Morgan fingerprint density at radius 1 is 1.44 bits per heavy atom. The van der Waals surface area contributed by atoms with Crippen molar-refractivity contribution >= 4 is 0 Å². The molecule has 2 aromatic rings. The van der Waals surface area contributed by atoms with E-state index in [1.807, 2.05) is 20.8 Å². The molecule has 8 heteroatoms. The van der Waals surface area contributed by atoms with E-state index in [2.05, 4.69) is 32.0 Å². The molecule has 0 aromatic carbocycles. The van der Waals surface area contributed by atoms with E-state index in [0.29, 0.717) is 30.9 Å². The number of nitrogens with zero attached hydrogens (tertiary/aromatic N) is 5. The first-order chi connectivity index (χ1) is 12.0. The van der Waals surface area contributed by atoms with E-state index in [1.54, 1.807) is 6.20 Å². The lowest BCUT2D eigenvalue weighted by molar-refractivity contribution is 0.0683. The summed E-state index contributed by atoms with van der Waals surface area (Å²) in [4.78, 5) is 13.4. The maximum Gasteiger partial charge on any atom is 0.240 e. The van der Waals surface area contributed by atoms with Crippen molar-refractivity contribution in [1.29, 1.82) is 0 Å². The van der Waals surface area contributed by atoms with E-state index in [-0.39, 0.29) is 6.10 Å². The Morgan fingerprint density at radius 3 is 3.00 bits per heavy atom. The van der Waals surface area contributed by atoms with Crippen LogP contribution in [0.1, 0.15) is 49.7 Å². The van der Waals surface area contributed by atoms with E-state index < -0.39 is 0 Å². The number of rotatable bonds is 8. The maximum atomic E-state index is 5.57. The zero-order valence-electron chi connectivity index (χ0n) is 15.4. The second kappa shape index (κ2) is 8.07. The number of ether oxygens (including phenoxy) is 1. The molecule has 0 amide bonds. The van der Waals surface area contributed by atoms with Crippen LogP contribution in [0.25, 0.3) is 0 Å². The largest absolute Gasteiger partial charge is 0.445 e. The summed E-state index contributed by atoms with van der Waals surface area (Å²) in [5.74, 6) is 2.88. The first-order valence-electron chi connectivity index (χ1n) is 8.83. The number of hydrogen-bond acceptors (Lipinski definition) is 8. The zero-order valence-corrected chi connectivity index (χ0v) is 15.4. The number of likely N-dealkylation sites (tertiary alicyclic amines) is 1. The third-order valence-corrected chi connectivity index (χ3v) is 4.55. The summed E-state index contributed by atoms with van der Waals surface area (Å²) < 4.78 is 16.4. The highest BCUT2D eigenvalue weighted by atomic mass is 16.5. The average molecular weight is 349 g/mol. The monoisotopic (exact) mass is 349 g/mol. The predicted molar refractivity (Wildman–Crippen MR) is 90.7 cm³/mol. The summed E-state index contributed by atoms with van der Waals surface area (Å²) >= 11 is 0. The minimum atomic E-state index is -0.135. The Bertz CT molecular complexity index is 671. The highest BCUT2D eigenvalue weighted by molar-refractivity contribution is 4.94. The Kier molecular flexibility index (Phi) is 5.82. The van der Waals surface area contributed by atoms with Gasteiger partial charge in [-0.25, -0.2) is 4.98 Å². The van der Waals surface area contributed by atoms with Gasteiger partial charge in [0, 0.05) is 25.7 Å². The Labute approximate surface area is 148 Å². The minimum absolute atomic E-state index is 0.135. The van der Waals surface area contributed by atoms with E-state index in [9.17, 15) is 0 Å². The van der Waals surface area contributed by atoms with Crippen LogP contribution in [-0.4, -0.2) is 57.7 Å². The quantitative estimate of drug-likeness (QED) is 0.717. The minimum Gasteiger partial charge on any atom is -0.445 e. The van der Waals surface area contributed by atoms with Gasteiger partial charge in [0.05, 0.1) is 19.3 Å². The van der Waals surface area contributed by atoms with Crippen molar-refractivity contribution in [2.75, 3.05) is 26.7 Å². The standard InChI is InChI=1S/C17H27N5O3/c1-5-23-13(3)17-19-16(25-20-17)11-22-7-6-14(9-22)21(4)10-15-18-8-12(2)24-15/h8,13-14H,5-7,9-11H2,1-4H3/t13-,14-/m0/s1. The van der Waals surface area contributed by atoms with Crippen LogP contribution in [0.2, 0.25) is 0 Å². The molecule has 3 heterocycles. The van der Waals surface area contributed by atoms with Gasteiger partial charge in [-0.05, 0) is 34.2 Å². The third kappa shape index (κ3) is 4.65. The van der Waals surface area contributed by atoms with Crippen molar-refractivity contribution in [2.24, 2.45) is 0 Å². The molecule has 0 N–H and O–H groups in total. The smallest absolute Gasteiger partial charge is 0.240 e. The molecule has 1 saturated heterocycles. The fourth-order valence-electron chi connectivity index (χ4n) is 3.15. The fraction of sp³-hybridized carbons (Fsp3) is 0.706. The lowest BCUT2D eigenvalue weighted by Crippen LogP contribution is -2.34. The second-order valence-corrected chi connectivity index (χ2v) is 6.60. The van der Waals surface area contributed by atoms with Crippen LogP contribution in [-0.2, 0) is 17.8 Å². The van der Waals surface area contributed by atoms with Crippen LogP contribution in [0.5, 0.6) is 0 Å². The molecule has 8 nitrogen and oxygen atoms in total. The lowest BCUT2D eigenvalue weighted by atomic mass is 10.2. The SMILES string of the molecule is CCO[C@@H](C)c1noc(CN2CC[C@H](N(C)Cc3ncc(C)o3)C2)n1. The molecule has 138 valence electrons. The topological polar surface area (TPSA) is 80.7 Å². The number of oxazole rings is 1. The molecule has 0 radical (unpaired) electrons. The van der Waals surface area contributed by atoms with E-state index in [0.717, 1.165) is 37.7 Å². The van der Waals surface area contributed by atoms with Gasteiger partial charge in [0.2, 0.25) is 11.8 Å². The summed E-state index contributed by atoms with van der Waals surface area (Å²) in [6.45, 7) is 9.82. The number of aromatic nitrogens is 3. The van der Waals surface area contributed by atoms with Crippen molar-refractivity contribution in [3.05, 3.63) is 29.6 Å². The number of aryl methyl sites for hydroxylation is 1. The molecular formula is C17H27N5O3. The van der Waals surface area contributed by atoms with Crippen LogP contribution in [0.4, 0.5) is 0 Å². The van der Waals surface area contributed by atoms with E-state index >= 15 is 0 Å². The Hall–Kier alpha value is -1.77. The van der Waals surface area contributed by atoms with Gasteiger partial charge >= 0.3 is 0 Å². The van der Waals surface area contributed by atoms with Gasteiger partial charge in [-0.1, -0.05) is 5.16 Å². The second-order valence-electron chi connectivity index (χ2n) is 6.60. The first kappa shape index (κ1) is 18.0. The zero-order chi connectivity index (χ0) is 17.8. The highest BCUT2D eigenvalue weighted by Crippen LogP contribution is 2.19. The summed E-state index contributed by atoms with van der Waals surface area (Å²) in [6, 6.07) is 0.469. The maximum absolute atomic E-state index is 5.57. The molecule has 0 saturated carbocycles. The van der Waals surface area contributed by atoms with Gasteiger partial charge in [0.1, 0.15) is 11.9 Å². The van der Waals surface area contributed by atoms with E-state index in [4.69, 9.17) is 13.7 Å². The third-order valence-electron chi connectivity index (χ3n) is 4.55. The Balaban J connectivity index is 1.49. The van der Waals surface area contributed by atoms with Crippen molar-refractivity contribution in [2.45, 2.75) is 52.4 Å². The van der Waals surface area contributed by atoms with Gasteiger partial charge in [-0.3, -0.25) is 9.80 Å². The predicted octanol–water partition coefficient (Wildman–Crippen LogP) is 2.17. The molecule has 3 rings (SSSR count). The van der Waals surface area contributed by atoms with Crippen LogP contribution in [0.3, 0.4) is 0 Å². The number of likely N-dealkylation sites (N-methyl/N-ethyl adjacent to an activating group) is 1. The fourth-order valence-corrected chi connectivity index (χ4v) is 3.15. The van der Waals surface area contributed by atoms with Crippen LogP contribution in [0, 0.1) is 6.92 Å². The first-order valence-corrected chi connectivity index (χ1v) is 8.83. The Morgan fingerprint density at radius 2 is 2.28 bits per heavy atom. The summed E-state index contributed by atoms with van der Waals surface area (Å²) in [6.07, 6.45) is 2.73. The highest BCUT2D eigenvalue weighted by Gasteiger charge is 2.28. The van der Waals surface area contributed by atoms with Crippen molar-refractivity contribution in [1.82, 2.24) is 24.9 Å². The van der Waals surface area contributed by atoms with Crippen molar-refractivity contribution < 1.29 is 13.7 Å². The molecule has 25 heavy (non-hydrogen) atoms. The molecule has 1 fully saturated rings. The summed E-state index contributed by atoms with van der Waals surface area (Å²) in [7, 11) is 2.11. The van der Waals surface area contributed by atoms with E-state index in [1.165, 1.54) is 0 Å². The summed E-state index contributed by atoms with van der Waals surface area (Å²) in [5.41, 5.74) is 0. The van der Waals surface area contributed by atoms with Gasteiger partial charge in [-0.2, -0.15) is 4.98 Å². The molecule has 2 aromatic heterocycles. The molecule has 0 unspecified atom stereocenters. The van der Waals surface area contributed by atoms with Gasteiger partial charge in [-0.15, -0.1) is 0 Å². The van der Waals surface area contributed by atoms with Crippen molar-refractivity contribution in [3.63, 3.8) is 0 Å². The van der Waals surface area contributed by atoms with Gasteiger partial charge in [0.15, 0.2) is 5.82 Å². The summed E-state index contributed by atoms with van der Waals surface area (Å²) in [5, 5.41) is 4.02. The lowest BCUT2D eigenvalue weighted by Gasteiger charge is -2.22. The molecule has 0 aliphatic carbocycles. The number of hydrogen-bond donors (Lipinski definition) is 0. The molecule has 0 spiro atoms. The van der Waals surface area contributed by atoms with Gasteiger partial charge in [0.25, 0.3) is 0 Å². The normalized spacial score (nSPS) is 19.8. The molecule has 2 atom stereocenters. The van der Waals surface area contributed by atoms with Gasteiger partial charge < -0.3 is 13.7 Å². The van der Waals surface area contributed by atoms with Crippen LogP contribution in [0.15, 0.2) is 15.1 Å².